The molecule has 2 heterocycles. The maximum atomic E-state index is 12.1. The highest BCUT2D eigenvalue weighted by molar-refractivity contribution is 7.17. The van der Waals surface area contributed by atoms with Gasteiger partial charge in [0.1, 0.15) is 4.88 Å². The first kappa shape index (κ1) is 14.9. The van der Waals surface area contributed by atoms with Crippen LogP contribution in [0.3, 0.4) is 0 Å². The number of anilines is 1. The van der Waals surface area contributed by atoms with Crippen LogP contribution in [0.2, 0.25) is 0 Å². The number of carbonyl (C=O) groups is 2. The number of aryl methyl sites for hydroxylation is 1. The number of carbonyl (C=O) groups excluding carboxylic acids is 2. The summed E-state index contributed by atoms with van der Waals surface area (Å²) in [6.07, 6.45) is 2.83. The van der Waals surface area contributed by atoms with Crippen LogP contribution in [0.1, 0.15) is 25.7 Å². The van der Waals surface area contributed by atoms with Crippen LogP contribution >= 0.6 is 11.3 Å². The van der Waals surface area contributed by atoms with Gasteiger partial charge in [0.05, 0.1) is 18.1 Å². The van der Waals surface area contributed by atoms with Gasteiger partial charge in [-0.15, -0.1) is 5.10 Å². The molecule has 0 aliphatic heterocycles. The first-order valence-electron chi connectivity index (χ1n) is 6.59. The fourth-order valence-electron chi connectivity index (χ4n) is 1.80. The van der Waals surface area contributed by atoms with E-state index in [0.29, 0.717) is 0 Å². The Kier molecular flexibility index (Phi) is 3.85. The minimum Gasteiger partial charge on any atom is -0.365 e. The lowest BCUT2D eigenvalue weighted by atomic mass is 10.2. The lowest BCUT2D eigenvalue weighted by Gasteiger charge is -1.99. The fourth-order valence-corrected chi connectivity index (χ4v) is 2.46. The fraction of sp³-hybridized carbons (Fsp3) is 0.0714. The topological polar surface area (TPSA) is 116 Å². The number of nitrogens with zero attached hydrogens (tertiary/aromatic N) is 4. The molecule has 0 atom stereocenters. The summed E-state index contributed by atoms with van der Waals surface area (Å²) >= 11 is 0.996. The van der Waals surface area contributed by atoms with Crippen molar-refractivity contribution in [1.29, 1.82) is 0 Å². The molecule has 0 fully saturated rings. The van der Waals surface area contributed by atoms with Crippen molar-refractivity contribution in [2.24, 2.45) is 5.73 Å². The van der Waals surface area contributed by atoms with Crippen molar-refractivity contribution in [2.75, 3.05) is 5.32 Å². The zero-order chi connectivity index (χ0) is 16.4. The third-order valence-electron chi connectivity index (χ3n) is 2.99. The Labute approximate surface area is 135 Å². The number of thiazole rings is 1. The van der Waals surface area contributed by atoms with Crippen LogP contribution in [-0.2, 0) is 0 Å². The van der Waals surface area contributed by atoms with Crippen molar-refractivity contribution in [3.05, 3.63) is 52.8 Å². The lowest BCUT2D eigenvalue weighted by Crippen LogP contribution is -2.12. The van der Waals surface area contributed by atoms with Gasteiger partial charge >= 0.3 is 0 Å². The number of aromatic nitrogens is 4. The molecule has 0 unspecified atom stereocenters. The van der Waals surface area contributed by atoms with Crippen molar-refractivity contribution in [3.8, 4) is 5.69 Å². The van der Waals surface area contributed by atoms with E-state index in [0.717, 1.165) is 22.6 Å². The second-order valence-electron chi connectivity index (χ2n) is 4.73. The first-order chi connectivity index (χ1) is 11.0. The number of hydrogen-bond acceptors (Lipinski definition) is 6. The Balaban J connectivity index is 1.75. The van der Waals surface area contributed by atoms with Crippen LogP contribution in [0, 0.1) is 6.92 Å². The summed E-state index contributed by atoms with van der Waals surface area (Å²) in [5.74, 6) is -1.05. The van der Waals surface area contributed by atoms with Crippen molar-refractivity contribution in [2.45, 2.75) is 6.92 Å². The number of amides is 2. The van der Waals surface area contributed by atoms with Crippen LogP contribution < -0.4 is 11.1 Å². The Morgan fingerprint density at radius 3 is 2.65 bits per heavy atom. The third-order valence-corrected chi connectivity index (χ3v) is 3.92. The van der Waals surface area contributed by atoms with Gasteiger partial charge in [-0.1, -0.05) is 34.2 Å². The molecule has 2 amide bonds. The number of nitrogens with two attached hydrogens (primary N) is 1. The standard InChI is InChI=1S/C14H12N6O2S/c1-8-2-4-9(5-3-8)20-7-10(18-19-20)13(22)17-14-16-6-11(23-14)12(15)21/h2-7H,1H3,(H2,15,21)(H,16,17,22). The third kappa shape index (κ3) is 3.24. The van der Waals surface area contributed by atoms with E-state index in [4.69, 9.17) is 5.73 Å². The molecular weight excluding hydrogens is 316 g/mol. The highest BCUT2D eigenvalue weighted by atomic mass is 32.1. The number of rotatable bonds is 4. The van der Waals surface area contributed by atoms with Gasteiger partial charge in [0.15, 0.2) is 10.8 Å². The molecule has 0 aliphatic carbocycles. The van der Waals surface area contributed by atoms with Gasteiger partial charge in [0, 0.05) is 0 Å². The largest absolute Gasteiger partial charge is 0.365 e. The minimum atomic E-state index is -0.590. The Bertz CT molecular complexity index is 868. The van der Waals surface area contributed by atoms with Gasteiger partial charge in [-0.25, -0.2) is 9.67 Å². The predicted molar refractivity (Wildman–Crippen MR) is 84.7 cm³/mol. The Morgan fingerprint density at radius 1 is 1.26 bits per heavy atom. The molecule has 0 saturated heterocycles. The lowest BCUT2D eigenvalue weighted by molar-refractivity contribution is 0.1000. The molecule has 23 heavy (non-hydrogen) atoms. The van der Waals surface area contributed by atoms with E-state index in [1.165, 1.54) is 17.1 Å². The molecular formula is C14H12N6O2S. The molecule has 3 N–H and O–H groups in total. The maximum Gasteiger partial charge on any atom is 0.279 e. The van der Waals surface area contributed by atoms with E-state index < -0.39 is 11.8 Å². The second kappa shape index (κ2) is 5.97. The van der Waals surface area contributed by atoms with Crippen molar-refractivity contribution < 1.29 is 9.59 Å². The summed E-state index contributed by atoms with van der Waals surface area (Å²) in [4.78, 5) is 27.3. The van der Waals surface area contributed by atoms with Crippen LogP contribution in [0.15, 0.2) is 36.7 Å². The molecule has 3 rings (SSSR count). The van der Waals surface area contributed by atoms with Crippen molar-refractivity contribution in [3.63, 3.8) is 0 Å². The average Bonchev–Trinajstić information content (AvgIpc) is 3.17. The SMILES string of the molecule is Cc1ccc(-n2cc(C(=O)Nc3ncc(C(N)=O)s3)nn2)cc1. The minimum absolute atomic E-state index is 0.140. The van der Waals surface area contributed by atoms with Crippen molar-refractivity contribution >= 4 is 28.3 Å². The highest BCUT2D eigenvalue weighted by Gasteiger charge is 2.14. The number of primary amides is 1. The van der Waals surface area contributed by atoms with Gasteiger partial charge in [0.2, 0.25) is 0 Å². The zero-order valence-electron chi connectivity index (χ0n) is 12.1. The molecule has 116 valence electrons. The molecule has 8 nitrogen and oxygen atoms in total. The summed E-state index contributed by atoms with van der Waals surface area (Å²) in [7, 11) is 0. The van der Waals surface area contributed by atoms with Crippen molar-refractivity contribution in [1.82, 2.24) is 20.0 Å². The molecule has 0 aliphatic rings. The second-order valence-corrected chi connectivity index (χ2v) is 5.76. The van der Waals surface area contributed by atoms with Gasteiger partial charge in [-0.05, 0) is 19.1 Å². The summed E-state index contributed by atoms with van der Waals surface area (Å²) in [6.45, 7) is 1.98. The Morgan fingerprint density at radius 2 is 2.00 bits per heavy atom. The smallest absolute Gasteiger partial charge is 0.279 e. The Hall–Kier alpha value is -3.07. The maximum absolute atomic E-state index is 12.1. The molecule has 9 heteroatoms. The van der Waals surface area contributed by atoms with E-state index in [2.05, 4.69) is 20.6 Å². The zero-order valence-corrected chi connectivity index (χ0v) is 12.9. The number of nitrogens with one attached hydrogen (secondary N) is 1. The molecule has 1 aromatic carbocycles. The number of benzene rings is 1. The molecule has 2 aromatic heterocycles. The van der Waals surface area contributed by atoms with Crippen LogP contribution in [0.4, 0.5) is 5.13 Å². The van der Waals surface area contributed by atoms with E-state index in [9.17, 15) is 9.59 Å². The summed E-state index contributed by atoms with van der Waals surface area (Å²) in [5, 5.41) is 10.6. The first-order valence-corrected chi connectivity index (χ1v) is 7.41. The molecule has 0 spiro atoms. The van der Waals surface area contributed by atoms with Crippen LogP contribution in [0.5, 0.6) is 0 Å². The average molecular weight is 328 g/mol. The monoisotopic (exact) mass is 328 g/mol. The summed E-state index contributed by atoms with van der Waals surface area (Å²) in [6, 6.07) is 7.65. The van der Waals surface area contributed by atoms with Crippen LogP contribution in [-0.4, -0.2) is 31.8 Å². The van der Waals surface area contributed by atoms with Gasteiger partial charge < -0.3 is 5.73 Å². The van der Waals surface area contributed by atoms with Gasteiger partial charge in [-0.2, -0.15) is 0 Å². The molecule has 0 bridgehead atoms. The number of hydrogen-bond donors (Lipinski definition) is 2. The normalized spacial score (nSPS) is 10.5. The molecule has 0 radical (unpaired) electrons. The summed E-state index contributed by atoms with van der Waals surface area (Å²) < 4.78 is 1.51. The van der Waals surface area contributed by atoms with E-state index in [1.54, 1.807) is 0 Å². The predicted octanol–water partition coefficient (Wildman–Crippen LogP) is 1.38. The van der Waals surface area contributed by atoms with E-state index in [1.807, 2.05) is 31.2 Å². The summed E-state index contributed by atoms with van der Waals surface area (Å²) in [5.41, 5.74) is 7.20. The molecule has 0 saturated carbocycles. The quantitative estimate of drug-likeness (QED) is 0.750. The van der Waals surface area contributed by atoms with Gasteiger partial charge in [-0.3, -0.25) is 14.9 Å². The van der Waals surface area contributed by atoms with E-state index in [-0.39, 0.29) is 15.7 Å². The van der Waals surface area contributed by atoms with E-state index >= 15 is 0 Å². The molecule has 3 aromatic rings. The van der Waals surface area contributed by atoms with Crippen LogP contribution in [0.25, 0.3) is 5.69 Å². The van der Waals surface area contributed by atoms with Gasteiger partial charge in [0.25, 0.3) is 11.8 Å². The highest BCUT2D eigenvalue weighted by Crippen LogP contribution is 2.18.